The smallest absolute Gasteiger partial charge is 0.159 e. The molecule has 0 radical (unpaired) electrons. The molecule has 106 valence electrons. The van der Waals surface area contributed by atoms with Gasteiger partial charge in [0, 0.05) is 15.1 Å². The first-order chi connectivity index (χ1) is 9.52. The Balaban J connectivity index is 2.47. The fraction of sp³-hybridized carbons (Fsp3) is 0.214. The van der Waals surface area contributed by atoms with Crippen LogP contribution in [0.15, 0.2) is 39.4 Å². The number of pyridine rings is 1. The van der Waals surface area contributed by atoms with Crippen molar-refractivity contribution in [1.82, 2.24) is 10.3 Å². The molecule has 1 aromatic carbocycles. The Labute approximate surface area is 132 Å². The lowest BCUT2D eigenvalue weighted by Gasteiger charge is -2.19. The third kappa shape index (κ3) is 3.42. The lowest BCUT2D eigenvalue weighted by molar-refractivity contribution is 0.503. The van der Waals surface area contributed by atoms with Gasteiger partial charge < -0.3 is 5.32 Å². The molecule has 2 nitrogen and oxygen atoms in total. The van der Waals surface area contributed by atoms with Crippen LogP contribution in [-0.4, -0.2) is 11.5 Å². The second-order valence-electron chi connectivity index (χ2n) is 4.18. The van der Waals surface area contributed by atoms with Crippen molar-refractivity contribution in [1.29, 1.82) is 0 Å². The zero-order valence-electron chi connectivity index (χ0n) is 10.6. The van der Waals surface area contributed by atoms with Gasteiger partial charge in [0.2, 0.25) is 0 Å². The fourth-order valence-electron chi connectivity index (χ4n) is 1.91. The van der Waals surface area contributed by atoms with E-state index in [-0.39, 0.29) is 6.04 Å². The van der Waals surface area contributed by atoms with Crippen LogP contribution in [0.3, 0.4) is 0 Å². The van der Waals surface area contributed by atoms with Gasteiger partial charge in [0.1, 0.15) is 0 Å². The Morgan fingerprint density at radius 1 is 1.20 bits per heavy atom. The minimum Gasteiger partial charge on any atom is -0.305 e. The summed E-state index contributed by atoms with van der Waals surface area (Å²) in [5.74, 6) is -1.72. The normalized spacial score (nSPS) is 12.4. The maximum absolute atomic E-state index is 13.4. The largest absolute Gasteiger partial charge is 0.305 e. The van der Waals surface area contributed by atoms with Gasteiger partial charge in [0.25, 0.3) is 0 Å². The number of benzene rings is 1. The van der Waals surface area contributed by atoms with Gasteiger partial charge in [-0.1, -0.05) is 13.0 Å². The van der Waals surface area contributed by atoms with E-state index in [4.69, 9.17) is 0 Å². The number of nitrogens with zero attached hydrogens (tertiary/aromatic N) is 1. The summed E-state index contributed by atoms with van der Waals surface area (Å²) in [6, 6.07) is 5.44. The van der Waals surface area contributed by atoms with Crippen LogP contribution in [0.25, 0.3) is 0 Å². The van der Waals surface area contributed by atoms with Gasteiger partial charge >= 0.3 is 0 Å². The maximum atomic E-state index is 13.4. The Morgan fingerprint density at radius 2 is 1.95 bits per heavy atom. The molecule has 1 N–H and O–H groups in total. The number of halogens is 4. The molecule has 1 heterocycles. The minimum atomic E-state index is -0.862. The standard InChI is InChI=1S/C14H12Br2F2N2/c1-2-19-13(8-3-4-11(17)12(18)5-8)14-10(16)6-9(15)7-20-14/h3-7,13,19H,2H2,1H3. The van der Waals surface area contributed by atoms with Gasteiger partial charge in [-0.15, -0.1) is 0 Å². The summed E-state index contributed by atoms with van der Waals surface area (Å²) in [6.07, 6.45) is 1.67. The second kappa shape index (κ2) is 6.74. The highest BCUT2D eigenvalue weighted by Gasteiger charge is 2.19. The molecule has 1 aromatic heterocycles. The first kappa shape index (κ1) is 15.5. The van der Waals surface area contributed by atoms with Crippen molar-refractivity contribution in [3.8, 4) is 0 Å². The van der Waals surface area contributed by atoms with E-state index in [0.717, 1.165) is 20.7 Å². The quantitative estimate of drug-likeness (QED) is 0.804. The first-order valence-corrected chi connectivity index (χ1v) is 7.60. The summed E-state index contributed by atoms with van der Waals surface area (Å²) in [4.78, 5) is 4.35. The molecule has 1 atom stereocenters. The van der Waals surface area contributed by atoms with Gasteiger partial charge in [-0.3, -0.25) is 4.98 Å². The van der Waals surface area contributed by atoms with Crippen molar-refractivity contribution >= 4 is 31.9 Å². The molecule has 20 heavy (non-hydrogen) atoms. The Bertz CT molecular complexity index is 620. The first-order valence-electron chi connectivity index (χ1n) is 6.02. The molecule has 0 fully saturated rings. The predicted molar refractivity (Wildman–Crippen MR) is 81.5 cm³/mol. The third-order valence-electron chi connectivity index (χ3n) is 2.79. The van der Waals surface area contributed by atoms with Crippen LogP contribution in [0.4, 0.5) is 8.78 Å². The van der Waals surface area contributed by atoms with E-state index in [1.165, 1.54) is 6.07 Å². The molecule has 0 aliphatic rings. The van der Waals surface area contributed by atoms with E-state index >= 15 is 0 Å². The molecular formula is C14H12Br2F2N2. The van der Waals surface area contributed by atoms with E-state index < -0.39 is 11.6 Å². The van der Waals surface area contributed by atoms with Crippen LogP contribution in [0.2, 0.25) is 0 Å². The van der Waals surface area contributed by atoms with Gasteiger partial charge in [-0.25, -0.2) is 8.78 Å². The number of nitrogens with one attached hydrogen (secondary N) is 1. The van der Waals surface area contributed by atoms with E-state index in [1.54, 1.807) is 12.3 Å². The number of hydrogen-bond donors (Lipinski definition) is 1. The molecule has 0 saturated heterocycles. The van der Waals surface area contributed by atoms with Gasteiger partial charge in [0.05, 0.1) is 11.7 Å². The summed E-state index contributed by atoms with van der Waals surface area (Å²) < 4.78 is 28.1. The molecule has 0 bridgehead atoms. The van der Waals surface area contributed by atoms with Crippen molar-refractivity contribution in [3.63, 3.8) is 0 Å². The van der Waals surface area contributed by atoms with E-state index in [1.807, 2.05) is 13.0 Å². The van der Waals surface area contributed by atoms with E-state index in [9.17, 15) is 8.78 Å². The van der Waals surface area contributed by atoms with Crippen LogP contribution < -0.4 is 5.32 Å². The lowest BCUT2D eigenvalue weighted by atomic mass is 10.0. The predicted octanol–water partition coefficient (Wildman–Crippen LogP) is 4.58. The number of rotatable bonds is 4. The molecule has 0 saturated carbocycles. The summed E-state index contributed by atoms with van der Waals surface area (Å²) in [5, 5.41) is 3.23. The molecule has 2 rings (SSSR count). The van der Waals surface area contributed by atoms with Gasteiger partial charge in [0.15, 0.2) is 11.6 Å². The van der Waals surface area contributed by atoms with Crippen molar-refractivity contribution < 1.29 is 8.78 Å². The molecule has 1 unspecified atom stereocenters. The molecule has 0 aliphatic carbocycles. The molecule has 0 aliphatic heterocycles. The zero-order chi connectivity index (χ0) is 14.7. The lowest BCUT2D eigenvalue weighted by Crippen LogP contribution is -2.23. The van der Waals surface area contributed by atoms with Gasteiger partial charge in [-0.05, 0) is 62.2 Å². The monoisotopic (exact) mass is 404 g/mol. The highest BCUT2D eigenvalue weighted by molar-refractivity contribution is 9.11. The fourth-order valence-corrected chi connectivity index (χ4v) is 3.12. The molecule has 2 aromatic rings. The molecule has 0 amide bonds. The molecule has 6 heteroatoms. The number of aromatic nitrogens is 1. The van der Waals surface area contributed by atoms with Crippen molar-refractivity contribution in [3.05, 3.63) is 62.3 Å². The zero-order valence-corrected chi connectivity index (χ0v) is 13.8. The van der Waals surface area contributed by atoms with Crippen molar-refractivity contribution in [2.24, 2.45) is 0 Å². The molecular weight excluding hydrogens is 394 g/mol. The van der Waals surface area contributed by atoms with Crippen molar-refractivity contribution in [2.45, 2.75) is 13.0 Å². The SMILES string of the molecule is CCNC(c1ccc(F)c(F)c1)c1ncc(Br)cc1Br. The highest BCUT2D eigenvalue weighted by atomic mass is 79.9. The summed E-state index contributed by atoms with van der Waals surface area (Å²) >= 11 is 6.79. The number of hydrogen-bond acceptors (Lipinski definition) is 2. The minimum absolute atomic E-state index is 0.308. The molecule has 0 spiro atoms. The summed E-state index contributed by atoms with van der Waals surface area (Å²) in [6.45, 7) is 2.62. The van der Waals surface area contributed by atoms with Crippen LogP contribution >= 0.6 is 31.9 Å². The summed E-state index contributed by atoms with van der Waals surface area (Å²) in [7, 11) is 0. The average Bonchev–Trinajstić information content (AvgIpc) is 2.40. The second-order valence-corrected chi connectivity index (χ2v) is 5.95. The van der Waals surface area contributed by atoms with Crippen molar-refractivity contribution in [2.75, 3.05) is 6.54 Å². The van der Waals surface area contributed by atoms with E-state index in [0.29, 0.717) is 12.1 Å². The topological polar surface area (TPSA) is 24.9 Å². The van der Waals surface area contributed by atoms with Crippen LogP contribution in [-0.2, 0) is 0 Å². The maximum Gasteiger partial charge on any atom is 0.159 e. The Kier molecular flexibility index (Phi) is 5.23. The Hall–Kier alpha value is -0.850. The van der Waals surface area contributed by atoms with E-state index in [2.05, 4.69) is 42.2 Å². The van der Waals surface area contributed by atoms with Crippen LogP contribution in [0.1, 0.15) is 24.2 Å². The van der Waals surface area contributed by atoms with Gasteiger partial charge in [-0.2, -0.15) is 0 Å². The third-order valence-corrected chi connectivity index (χ3v) is 3.86. The van der Waals surface area contributed by atoms with Crippen LogP contribution in [0, 0.1) is 11.6 Å². The average molecular weight is 406 g/mol. The summed E-state index contributed by atoms with van der Waals surface area (Å²) in [5.41, 5.74) is 1.35. The highest BCUT2D eigenvalue weighted by Crippen LogP contribution is 2.29. The Morgan fingerprint density at radius 3 is 2.55 bits per heavy atom. The van der Waals surface area contributed by atoms with Crippen LogP contribution in [0.5, 0.6) is 0 Å².